The van der Waals surface area contributed by atoms with Gasteiger partial charge in [-0.25, -0.2) is 0 Å². The topological polar surface area (TPSA) is 64.9 Å². The number of thioether (sulfide) groups is 1. The Morgan fingerprint density at radius 3 is 2.88 bits per heavy atom. The van der Waals surface area contributed by atoms with Crippen molar-refractivity contribution in [2.75, 3.05) is 5.73 Å². The lowest BCUT2D eigenvalue weighted by Gasteiger charge is -2.04. The van der Waals surface area contributed by atoms with Crippen LogP contribution < -0.4 is 5.73 Å². The van der Waals surface area contributed by atoms with Crippen LogP contribution in [0.4, 0.5) is 5.69 Å². The number of hydrogen-bond donors (Lipinski definition) is 1. The van der Waals surface area contributed by atoms with E-state index in [0.717, 1.165) is 17.0 Å². The van der Waals surface area contributed by atoms with Gasteiger partial charge in [0.05, 0.1) is 5.75 Å². The van der Waals surface area contributed by atoms with Gasteiger partial charge in [-0.2, -0.15) is 4.98 Å². The maximum atomic E-state index is 5.93. The predicted octanol–water partition coefficient (Wildman–Crippen LogP) is 2.81. The molecule has 0 saturated heterocycles. The molecule has 0 fully saturated rings. The molecular formula is C12H15N3OS. The molecular weight excluding hydrogens is 234 g/mol. The molecule has 5 heteroatoms. The first kappa shape index (κ1) is 12.0. The summed E-state index contributed by atoms with van der Waals surface area (Å²) >= 11 is 1.62. The van der Waals surface area contributed by atoms with E-state index in [1.807, 2.05) is 32.0 Å². The smallest absolute Gasteiger partial charge is 0.226 e. The van der Waals surface area contributed by atoms with Crippen molar-refractivity contribution in [3.05, 3.63) is 35.5 Å². The summed E-state index contributed by atoms with van der Waals surface area (Å²) in [6, 6.07) is 6.04. The van der Waals surface area contributed by atoms with Gasteiger partial charge in [-0.3, -0.25) is 0 Å². The van der Waals surface area contributed by atoms with E-state index in [9.17, 15) is 0 Å². The van der Waals surface area contributed by atoms with Gasteiger partial charge >= 0.3 is 0 Å². The second-order valence-electron chi connectivity index (χ2n) is 3.79. The van der Waals surface area contributed by atoms with Crippen LogP contribution in [0.5, 0.6) is 0 Å². The van der Waals surface area contributed by atoms with Crippen LogP contribution in [0.2, 0.25) is 0 Å². The number of nitrogen functional groups attached to an aromatic ring is 1. The van der Waals surface area contributed by atoms with Gasteiger partial charge in [0.2, 0.25) is 5.89 Å². The van der Waals surface area contributed by atoms with Gasteiger partial charge in [0.1, 0.15) is 0 Å². The summed E-state index contributed by atoms with van der Waals surface area (Å²) < 4.78 is 5.05. The zero-order chi connectivity index (χ0) is 12.3. The fraction of sp³-hybridized carbons (Fsp3) is 0.333. The number of aryl methyl sites for hydroxylation is 2. The summed E-state index contributed by atoms with van der Waals surface area (Å²) in [6.07, 6.45) is 0.768. The number of rotatable bonds is 4. The Hall–Kier alpha value is -1.49. The van der Waals surface area contributed by atoms with Crippen LogP contribution in [0.15, 0.2) is 27.6 Å². The minimum absolute atomic E-state index is 0.677. The van der Waals surface area contributed by atoms with Crippen LogP contribution in [-0.4, -0.2) is 10.1 Å². The molecule has 4 nitrogen and oxygen atoms in total. The van der Waals surface area contributed by atoms with Crippen LogP contribution in [0.3, 0.4) is 0 Å². The summed E-state index contributed by atoms with van der Waals surface area (Å²) in [6.45, 7) is 4.01. The first-order chi connectivity index (χ1) is 8.19. The maximum absolute atomic E-state index is 5.93. The van der Waals surface area contributed by atoms with Crippen molar-refractivity contribution >= 4 is 17.4 Å². The molecule has 1 aromatic heterocycles. The second kappa shape index (κ2) is 5.23. The van der Waals surface area contributed by atoms with Crippen LogP contribution >= 0.6 is 11.8 Å². The molecule has 0 aliphatic carbocycles. The molecule has 1 aromatic carbocycles. The normalized spacial score (nSPS) is 10.7. The Bertz CT molecular complexity index is 510. The van der Waals surface area contributed by atoms with Crippen molar-refractivity contribution < 1.29 is 4.52 Å². The highest BCUT2D eigenvalue weighted by Crippen LogP contribution is 2.27. The summed E-state index contributed by atoms with van der Waals surface area (Å²) in [7, 11) is 0. The lowest BCUT2D eigenvalue weighted by molar-refractivity contribution is 0.378. The molecule has 90 valence electrons. The minimum Gasteiger partial charge on any atom is -0.398 e. The summed E-state index contributed by atoms with van der Waals surface area (Å²) in [4.78, 5) is 5.31. The van der Waals surface area contributed by atoms with E-state index in [1.54, 1.807) is 11.8 Å². The third-order valence-electron chi connectivity index (χ3n) is 2.33. The monoisotopic (exact) mass is 249 g/mol. The van der Waals surface area contributed by atoms with Crippen molar-refractivity contribution in [1.82, 2.24) is 10.1 Å². The zero-order valence-corrected chi connectivity index (χ0v) is 10.8. The largest absolute Gasteiger partial charge is 0.398 e. The van der Waals surface area contributed by atoms with Crippen LogP contribution in [0.1, 0.15) is 24.2 Å². The average molecular weight is 249 g/mol. The lowest BCUT2D eigenvalue weighted by Crippen LogP contribution is -1.91. The fourth-order valence-electron chi connectivity index (χ4n) is 1.43. The molecule has 2 rings (SSSR count). The molecule has 17 heavy (non-hydrogen) atoms. The first-order valence-corrected chi connectivity index (χ1v) is 6.48. The summed E-state index contributed by atoms with van der Waals surface area (Å²) in [5.74, 6) is 2.07. The van der Waals surface area contributed by atoms with Crippen LogP contribution in [-0.2, 0) is 12.2 Å². The Morgan fingerprint density at radius 1 is 1.41 bits per heavy atom. The third-order valence-corrected chi connectivity index (χ3v) is 3.42. The molecule has 2 aromatic rings. The lowest BCUT2D eigenvalue weighted by atomic mass is 10.2. The fourth-order valence-corrected chi connectivity index (χ4v) is 2.23. The molecule has 0 unspecified atom stereocenters. The van der Waals surface area contributed by atoms with E-state index in [0.29, 0.717) is 17.5 Å². The molecule has 0 atom stereocenters. The van der Waals surface area contributed by atoms with Crippen LogP contribution in [0.25, 0.3) is 0 Å². The molecule has 2 N–H and O–H groups in total. The molecule has 0 aliphatic rings. The predicted molar refractivity (Wildman–Crippen MR) is 68.8 cm³/mol. The molecule has 0 aliphatic heterocycles. The Labute approximate surface area is 105 Å². The van der Waals surface area contributed by atoms with Gasteiger partial charge in [-0.05, 0) is 24.6 Å². The van der Waals surface area contributed by atoms with Crippen LogP contribution in [0, 0.1) is 6.92 Å². The van der Waals surface area contributed by atoms with Gasteiger partial charge < -0.3 is 10.3 Å². The zero-order valence-electron chi connectivity index (χ0n) is 9.93. The van der Waals surface area contributed by atoms with Crippen molar-refractivity contribution in [2.24, 2.45) is 0 Å². The average Bonchev–Trinajstić information content (AvgIpc) is 2.76. The van der Waals surface area contributed by atoms with E-state index < -0.39 is 0 Å². The summed E-state index contributed by atoms with van der Waals surface area (Å²) in [5.41, 5.74) is 7.90. The number of hydrogen-bond acceptors (Lipinski definition) is 5. The Balaban J connectivity index is 2.02. The Morgan fingerprint density at radius 2 is 2.24 bits per heavy atom. The SMILES string of the molecule is CCc1nc(CSc2ccc(C)cc2N)no1. The molecule has 0 amide bonds. The number of anilines is 1. The number of nitrogens with two attached hydrogens (primary N) is 1. The second-order valence-corrected chi connectivity index (χ2v) is 4.81. The first-order valence-electron chi connectivity index (χ1n) is 5.49. The third kappa shape index (κ3) is 3.00. The van der Waals surface area contributed by atoms with Gasteiger partial charge in [0.15, 0.2) is 5.82 Å². The number of nitrogens with zero attached hydrogens (tertiary/aromatic N) is 2. The molecule has 0 bridgehead atoms. The van der Waals surface area contributed by atoms with Crippen molar-refractivity contribution in [2.45, 2.75) is 30.9 Å². The highest BCUT2D eigenvalue weighted by atomic mass is 32.2. The minimum atomic E-state index is 0.677. The van der Waals surface area contributed by atoms with Gasteiger partial charge in [0.25, 0.3) is 0 Å². The Kier molecular flexibility index (Phi) is 3.68. The molecule has 1 heterocycles. The number of aromatic nitrogens is 2. The van der Waals surface area contributed by atoms with Crippen molar-refractivity contribution in [3.8, 4) is 0 Å². The quantitative estimate of drug-likeness (QED) is 0.666. The molecule has 0 radical (unpaired) electrons. The van der Waals surface area contributed by atoms with Crippen molar-refractivity contribution in [1.29, 1.82) is 0 Å². The van der Waals surface area contributed by atoms with Crippen molar-refractivity contribution in [3.63, 3.8) is 0 Å². The standard InChI is InChI=1S/C12H15N3OS/c1-3-12-14-11(15-16-12)7-17-10-5-4-8(2)6-9(10)13/h4-6H,3,7,13H2,1-2H3. The highest BCUT2D eigenvalue weighted by molar-refractivity contribution is 7.98. The van der Waals surface area contributed by atoms with Gasteiger partial charge in [-0.1, -0.05) is 18.1 Å². The summed E-state index contributed by atoms with van der Waals surface area (Å²) in [5, 5.41) is 3.90. The molecule has 0 saturated carbocycles. The van der Waals surface area contributed by atoms with E-state index in [-0.39, 0.29) is 0 Å². The van der Waals surface area contributed by atoms with E-state index in [2.05, 4.69) is 10.1 Å². The van der Waals surface area contributed by atoms with E-state index in [4.69, 9.17) is 10.3 Å². The number of benzene rings is 1. The van der Waals surface area contributed by atoms with Gasteiger partial charge in [0, 0.05) is 17.0 Å². The van der Waals surface area contributed by atoms with Gasteiger partial charge in [-0.15, -0.1) is 11.8 Å². The maximum Gasteiger partial charge on any atom is 0.226 e. The highest BCUT2D eigenvalue weighted by Gasteiger charge is 2.06. The molecule has 0 spiro atoms. The van der Waals surface area contributed by atoms with E-state index >= 15 is 0 Å². The van der Waals surface area contributed by atoms with E-state index in [1.165, 1.54) is 5.56 Å².